The third kappa shape index (κ3) is 9.75. The first-order valence-corrected chi connectivity index (χ1v) is 20.5. The van der Waals surface area contributed by atoms with Gasteiger partial charge in [0.05, 0.1) is 11.8 Å². The molecule has 326 valence electrons. The molecule has 0 spiro atoms. The van der Waals surface area contributed by atoms with Crippen LogP contribution >= 0.6 is 0 Å². The van der Waals surface area contributed by atoms with Crippen LogP contribution in [0.15, 0.2) is 121 Å². The van der Waals surface area contributed by atoms with E-state index >= 15 is 0 Å². The van der Waals surface area contributed by atoms with Crippen LogP contribution in [0.25, 0.3) is 21.5 Å². The molecule has 4 N–H and O–H groups in total. The van der Waals surface area contributed by atoms with E-state index in [1.54, 1.807) is 0 Å². The maximum absolute atomic E-state index is 13.2. The molecule has 6 rings (SSSR count). The van der Waals surface area contributed by atoms with E-state index < -0.39 is 72.7 Å². The summed E-state index contributed by atoms with van der Waals surface area (Å²) in [6, 6.07) is 24.2. The van der Waals surface area contributed by atoms with Crippen LogP contribution in [0.2, 0.25) is 0 Å². The van der Waals surface area contributed by atoms with Crippen LogP contribution < -0.4 is 4.90 Å². The number of rotatable bonds is 18. The fourth-order valence-electron chi connectivity index (χ4n) is 8.89. The molecule has 0 saturated heterocycles. The van der Waals surface area contributed by atoms with Gasteiger partial charge in [-0.1, -0.05) is 98.8 Å². The van der Waals surface area contributed by atoms with Gasteiger partial charge in [0.25, 0.3) is 0 Å². The van der Waals surface area contributed by atoms with E-state index in [0.717, 1.165) is 65.3 Å². The fourth-order valence-corrected chi connectivity index (χ4v) is 8.89. The first-order valence-electron chi connectivity index (χ1n) is 20.5. The number of hydrogen-bond acceptors (Lipinski definition) is 7. The minimum atomic E-state index is -1.30. The van der Waals surface area contributed by atoms with Gasteiger partial charge in [-0.3, -0.25) is 28.8 Å². The van der Waals surface area contributed by atoms with Gasteiger partial charge in [0.2, 0.25) is 17.5 Å². The van der Waals surface area contributed by atoms with Crippen molar-refractivity contribution < 1.29 is 53.8 Å². The van der Waals surface area contributed by atoms with Gasteiger partial charge in [-0.15, -0.1) is 0 Å². The summed E-state index contributed by atoms with van der Waals surface area (Å²) in [5, 5.41) is 41.6. The number of carboxylic acids is 4. The van der Waals surface area contributed by atoms with Crippen molar-refractivity contribution in [2.45, 2.75) is 51.4 Å². The predicted molar refractivity (Wildman–Crippen MR) is 240 cm³/mol. The highest BCUT2D eigenvalue weighted by atomic mass is 16.4. The van der Waals surface area contributed by atoms with E-state index in [9.17, 15) is 49.2 Å². The molecule has 4 aromatic rings. The molecular formula is C49H51N4O10+. The summed E-state index contributed by atoms with van der Waals surface area (Å²) >= 11 is 0. The predicted octanol–water partition coefficient (Wildman–Crippen LogP) is 6.50. The van der Waals surface area contributed by atoms with Gasteiger partial charge < -0.3 is 35.1 Å². The molecule has 14 nitrogen and oxygen atoms in total. The van der Waals surface area contributed by atoms with Crippen molar-refractivity contribution in [3.8, 4) is 0 Å². The minimum Gasteiger partial charge on any atom is -0.480 e. The topological polar surface area (TPSA) is 196 Å². The Kier molecular flexibility index (Phi) is 13.4. The summed E-state index contributed by atoms with van der Waals surface area (Å²) in [7, 11) is 0. The largest absolute Gasteiger partial charge is 0.480 e. The minimum absolute atomic E-state index is 0.113. The number of carboxylic acid groups (broad SMARTS) is 4. The van der Waals surface area contributed by atoms with Crippen molar-refractivity contribution in [1.29, 1.82) is 0 Å². The number of amides is 2. The maximum Gasteiger partial charge on any atom is 0.323 e. The number of benzene rings is 4. The quantitative estimate of drug-likeness (QED) is 0.0631. The number of fused-ring (bicyclic) bond motifs is 6. The lowest BCUT2D eigenvalue weighted by molar-refractivity contribution is -0.436. The van der Waals surface area contributed by atoms with Gasteiger partial charge in [0, 0.05) is 47.5 Å². The van der Waals surface area contributed by atoms with Gasteiger partial charge in [-0.2, -0.15) is 4.58 Å². The van der Waals surface area contributed by atoms with Crippen molar-refractivity contribution >= 4 is 74.3 Å². The maximum atomic E-state index is 13.2. The van der Waals surface area contributed by atoms with Crippen molar-refractivity contribution in [1.82, 2.24) is 9.80 Å². The van der Waals surface area contributed by atoms with Crippen molar-refractivity contribution in [3.63, 3.8) is 0 Å². The van der Waals surface area contributed by atoms with Crippen LogP contribution in [0.1, 0.15) is 51.7 Å². The number of carbonyl (C=O) groups excluding carboxylic acids is 2. The molecule has 2 aliphatic rings. The Morgan fingerprint density at radius 1 is 0.587 bits per heavy atom. The van der Waals surface area contributed by atoms with Crippen LogP contribution in [0, 0.1) is 0 Å². The SMILES string of the molecule is CC1(C)C(=CC=CC=CC=CC2=[N+](CCC(=O)N(CC(=O)O)CC(=O)O)c3ccc4ccccc4c3C2(C)C)N(CCC(=O)N(CC(=O)O)CC(=O)O)c2ccc3ccccc3c21. The molecule has 0 radical (unpaired) electrons. The highest BCUT2D eigenvalue weighted by molar-refractivity contribution is 6.08. The van der Waals surface area contributed by atoms with Gasteiger partial charge in [0.1, 0.15) is 26.2 Å². The molecule has 2 amide bonds. The molecule has 2 heterocycles. The fraction of sp³-hybridized carbons (Fsp3) is 0.286. The van der Waals surface area contributed by atoms with Crippen LogP contribution in [0.3, 0.4) is 0 Å². The van der Waals surface area contributed by atoms with Gasteiger partial charge in [-0.25, -0.2) is 0 Å². The number of aliphatic carboxylic acids is 4. The molecule has 0 atom stereocenters. The summed E-state index contributed by atoms with van der Waals surface area (Å²) in [6.07, 6.45) is 13.2. The third-order valence-corrected chi connectivity index (χ3v) is 11.6. The van der Waals surface area contributed by atoms with Crippen molar-refractivity contribution in [2.75, 3.05) is 44.2 Å². The second-order valence-corrected chi connectivity index (χ2v) is 16.6. The molecule has 0 aromatic heterocycles. The van der Waals surface area contributed by atoms with Crippen molar-refractivity contribution in [2.24, 2.45) is 0 Å². The molecule has 63 heavy (non-hydrogen) atoms. The highest BCUT2D eigenvalue weighted by Gasteiger charge is 2.46. The number of anilines is 1. The van der Waals surface area contributed by atoms with Crippen LogP contribution in [0.4, 0.5) is 11.4 Å². The molecule has 0 bridgehead atoms. The van der Waals surface area contributed by atoms with Crippen LogP contribution in [0.5, 0.6) is 0 Å². The Hall–Kier alpha value is -7.35. The van der Waals surface area contributed by atoms with E-state index in [2.05, 4.69) is 39.8 Å². The lowest BCUT2D eigenvalue weighted by Gasteiger charge is -2.28. The number of carbonyl (C=O) groups is 6. The Morgan fingerprint density at radius 3 is 1.65 bits per heavy atom. The van der Waals surface area contributed by atoms with Gasteiger partial charge in [-0.05, 0) is 59.2 Å². The lowest BCUT2D eigenvalue weighted by Crippen LogP contribution is -2.41. The Labute approximate surface area is 364 Å². The Bertz CT molecular complexity index is 2640. The standard InChI is InChI=1S/C49H50N4O10/c1-48(2)38(52(26-24-40(54)50(28-42(56)57)29-43(58)59)36-22-20-32-14-10-12-16-34(32)46(36)48)18-8-6-5-7-9-19-39-49(3,4)47-35-17-13-11-15-33(35)21-23-37(47)53(39)27-25-41(55)51(30-44(60)61)31-45(62)63/h5-23H,24-31H2,1-4H3,(H3-,56,57,58,59,60,61,62,63)/p+1. The zero-order valence-corrected chi connectivity index (χ0v) is 35.7. The number of hydrogen-bond donors (Lipinski definition) is 4. The number of allylic oxidation sites excluding steroid dienone is 8. The molecular weight excluding hydrogens is 805 g/mol. The molecule has 4 aromatic carbocycles. The number of nitrogens with zero attached hydrogens (tertiary/aromatic N) is 4. The van der Waals surface area contributed by atoms with Gasteiger partial charge in [0.15, 0.2) is 12.3 Å². The Morgan fingerprint density at radius 2 is 1.08 bits per heavy atom. The smallest absolute Gasteiger partial charge is 0.323 e. The summed E-state index contributed by atoms with van der Waals surface area (Å²) in [4.78, 5) is 75.9. The zero-order chi connectivity index (χ0) is 45.6. The summed E-state index contributed by atoms with van der Waals surface area (Å²) in [5.74, 6) is -6.37. The van der Waals surface area contributed by atoms with E-state index in [4.69, 9.17) is 0 Å². The molecule has 0 fully saturated rings. The normalized spacial score (nSPS) is 15.8. The summed E-state index contributed by atoms with van der Waals surface area (Å²) < 4.78 is 2.04. The summed E-state index contributed by atoms with van der Waals surface area (Å²) in [6.45, 7) is 5.93. The first kappa shape index (κ1) is 45.2. The van der Waals surface area contributed by atoms with Crippen LogP contribution in [-0.2, 0) is 39.6 Å². The van der Waals surface area contributed by atoms with E-state index in [0.29, 0.717) is 0 Å². The monoisotopic (exact) mass is 855 g/mol. The second-order valence-electron chi connectivity index (χ2n) is 16.6. The van der Waals surface area contributed by atoms with E-state index in [1.807, 2.05) is 113 Å². The lowest BCUT2D eigenvalue weighted by atomic mass is 9.79. The highest BCUT2D eigenvalue weighted by Crippen LogP contribution is 2.51. The summed E-state index contributed by atoms with van der Waals surface area (Å²) in [5.41, 5.74) is 4.73. The third-order valence-electron chi connectivity index (χ3n) is 11.6. The first-order chi connectivity index (χ1) is 29.9. The Balaban J connectivity index is 1.28. The average molecular weight is 856 g/mol. The molecule has 2 aliphatic heterocycles. The van der Waals surface area contributed by atoms with Crippen molar-refractivity contribution in [3.05, 3.63) is 132 Å². The molecule has 0 unspecified atom stereocenters. The average Bonchev–Trinajstić information content (AvgIpc) is 3.58. The van der Waals surface area contributed by atoms with Gasteiger partial charge >= 0.3 is 23.9 Å². The molecule has 0 saturated carbocycles. The molecule has 0 aliphatic carbocycles. The van der Waals surface area contributed by atoms with Crippen LogP contribution in [-0.4, -0.2) is 115 Å². The van der Waals surface area contributed by atoms with E-state index in [-0.39, 0.29) is 25.9 Å². The van der Waals surface area contributed by atoms with E-state index in [1.165, 1.54) is 0 Å². The molecule has 14 heteroatoms. The zero-order valence-electron chi connectivity index (χ0n) is 35.7. The second kappa shape index (κ2) is 18.7.